The maximum absolute atomic E-state index is 6.06. The van der Waals surface area contributed by atoms with E-state index in [0.29, 0.717) is 6.04 Å². The normalized spacial score (nSPS) is 24.8. The summed E-state index contributed by atoms with van der Waals surface area (Å²) in [4.78, 5) is 0. The van der Waals surface area contributed by atoms with Crippen molar-refractivity contribution in [2.45, 2.75) is 58.2 Å². The first-order valence-corrected chi connectivity index (χ1v) is 13.0. The van der Waals surface area contributed by atoms with Crippen molar-refractivity contribution in [3.63, 3.8) is 0 Å². The van der Waals surface area contributed by atoms with Crippen LogP contribution in [0, 0.1) is 0 Å². The third-order valence-electron chi connectivity index (χ3n) is 2.95. The van der Waals surface area contributed by atoms with Crippen LogP contribution in [0.5, 0.6) is 0 Å². The van der Waals surface area contributed by atoms with Crippen LogP contribution in [-0.4, -0.2) is 40.3 Å². The zero-order chi connectivity index (χ0) is 11.7. The fourth-order valence-corrected chi connectivity index (χ4v) is 5.06. The topological polar surface area (TPSA) is 12.5 Å². The van der Waals surface area contributed by atoms with E-state index in [1.807, 2.05) is 0 Å². The highest BCUT2D eigenvalue weighted by Gasteiger charge is 2.34. The lowest BCUT2D eigenvalue weighted by atomic mass is 10.2. The molecule has 15 heavy (non-hydrogen) atoms. The molecule has 0 N–H and O–H groups in total. The first-order valence-electron chi connectivity index (χ1n) is 6.11. The highest BCUT2D eigenvalue weighted by atomic mass is 28.4. The molecule has 1 aliphatic heterocycles. The minimum absolute atomic E-state index is 0.711. The number of hydrogen-bond donors (Lipinski definition) is 0. The second-order valence-corrected chi connectivity index (χ2v) is 16.0. The van der Waals surface area contributed by atoms with Gasteiger partial charge in [-0.2, -0.15) is 0 Å². The Bertz CT molecular complexity index is 208. The van der Waals surface area contributed by atoms with Crippen LogP contribution >= 0.6 is 0 Å². The van der Waals surface area contributed by atoms with Gasteiger partial charge in [0.1, 0.15) is 8.24 Å². The second-order valence-electron chi connectivity index (χ2n) is 6.58. The van der Waals surface area contributed by atoms with Gasteiger partial charge in [-0.3, -0.25) is 0 Å². The lowest BCUT2D eigenvalue weighted by molar-refractivity contribution is 0.223. The maximum atomic E-state index is 6.06. The van der Waals surface area contributed by atoms with Crippen LogP contribution in [0.4, 0.5) is 0 Å². The van der Waals surface area contributed by atoms with Crippen LogP contribution in [0.1, 0.15) is 12.8 Å². The van der Waals surface area contributed by atoms with Crippen molar-refractivity contribution in [2.75, 3.05) is 13.2 Å². The molecule has 1 heterocycles. The average molecular weight is 246 g/mol. The van der Waals surface area contributed by atoms with Crippen molar-refractivity contribution in [2.24, 2.45) is 0 Å². The molecule has 0 radical (unpaired) electrons. The predicted molar refractivity (Wildman–Crippen MR) is 72.4 cm³/mol. The molecule has 0 spiro atoms. The zero-order valence-corrected chi connectivity index (χ0v) is 13.3. The van der Waals surface area contributed by atoms with Crippen LogP contribution in [0.15, 0.2) is 0 Å². The lowest BCUT2D eigenvalue weighted by Crippen LogP contribution is -2.51. The van der Waals surface area contributed by atoms with Crippen LogP contribution in [0.3, 0.4) is 0 Å². The van der Waals surface area contributed by atoms with Crippen LogP contribution in [0.25, 0.3) is 0 Å². The van der Waals surface area contributed by atoms with Gasteiger partial charge in [0.15, 0.2) is 8.32 Å². The first kappa shape index (κ1) is 13.4. The Hall–Kier alpha value is 0.354. The molecule has 0 saturated carbocycles. The summed E-state index contributed by atoms with van der Waals surface area (Å²) in [7, 11) is -2.44. The van der Waals surface area contributed by atoms with E-state index in [-0.39, 0.29) is 0 Å². The minimum atomic E-state index is -1.32. The third-order valence-corrected chi connectivity index (χ3v) is 6.29. The summed E-state index contributed by atoms with van der Waals surface area (Å²) in [6, 6.07) is 0.711. The standard InChI is InChI=1S/C11H27NOSi2/c1-14(2,3)12-9-7-8-11(12)10-13-15(4,5)6/h11H,7-10H2,1-6H3. The smallest absolute Gasteiger partial charge is 0.183 e. The Kier molecular flexibility index (Phi) is 4.20. The van der Waals surface area contributed by atoms with E-state index in [0.717, 1.165) is 6.61 Å². The molecule has 0 aliphatic carbocycles. The van der Waals surface area contributed by atoms with Crippen LogP contribution in [-0.2, 0) is 4.43 Å². The fourth-order valence-electron chi connectivity index (χ4n) is 2.24. The van der Waals surface area contributed by atoms with Crippen molar-refractivity contribution >= 4 is 16.6 Å². The summed E-state index contributed by atoms with van der Waals surface area (Å²) in [5, 5.41) is 0. The fraction of sp³-hybridized carbons (Fsp3) is 1.00. The summed E-state index contributed by atoms with van der Waals surface area (Å²) in [6.07, 6.45) is 2.71. The van der Waals surface area contributed by atoms with E-state index >= 15 is 0 Å². The Morgan fingerprint density at radius 2 is 1.73 bits per heavy atom. The van der Waals surface area contributed by atoms with Crippen LogP contribution in [0.2, 0.25) is 39.3 Å². The Morgan fingerprint density at radius 3 is 2.20 bits per heavy atom. The molecule has 1 atom stereocenters. The average Bonchev–Trinajstić information content (AvgIpc) is 2.45. The molecule has 1 rings (SSSR count). The summed E-state index contributed by atoms with van der Waals surface area (Å²) >= 11 is 0. The molecule has 1 fully saturated rings. The van der Waals surface area contributed by atoms with Crippen LogP contribution < -0.4 is 0 Å². The van der Waals surface area contributed by atoms with Gasteiger partial charge in [0.05, 0.1) is 0 Å². The molecule has 0 aromatic rings. The summed E-state index contributed by atoms with van der Waals surface area (Å²) in [6.45, 7) is 16.4. The Labute approximate surface area is 97.2 Å². The van der Waals surface area contributed by atoms with Gasteiger partial charge >= 0.3 is 0 Å². The highest BCUT2D eigenvalue weighted by Crippen LogP contribution is 2.25. The van der Waals surface area contributed by atoms with Crippen molar-refractivity contribution in [3.05, 3.63) is 0 Å². The number of hydrogen-bond acceptors (Lipinski definition) is 2. The van der Waals surface area contributed by atoms with Crippen molar-refractivity contribution in [1.82, 2.24) is 4.57 Å². The summed E-state index contributed by atoms with van der Waals surface area (Å²) < 4.78 is 8.80. The molecule has 2 nitrogen and oxygen atoms in total. The highest BCUT2D eigenvalue weighted by molar-refractivity contribution is 6.73. The summed E-state index contributed by atoms with van der Waals surface area (Å²) in [5.41, 5.74) is 0. The number of nitrogens with zero attached hydrogens (tertiary/aromatic N) is 1. The van der Waals surface area contributed by atoms with E-state index in [1.165, 1.54) is 19.4 Å². The molecule has 4 heteroatoms. The zero-order valence-electron chi connectivity index (χ0n) is 11.3. The van der Waals surface area contributed by atoms with Crippen molar-refractivity contribution in [3.8, 4) is 0 Å². The van der Waals surface area contributed by atoms with Gasteiger partial charge in [-0.15, -0.1) is 0 Å². The van der Waals surface area contributed by atoms with Gasteiger partial charge in [-0.05, 0) is 39.0 Å². The quantitative estimate of drug-likeness (QED) is 0.706. The molecular formula is C11H27NOSi2. The maximum Gasteiger partial charge on any atom is 0.183 e. The Morgan fingerprint density at radius 1 is 1.13 bits per heavy atom. The van der Waals surface area contributed by atoms with Crippen molar-refractivity contribution in [1.29, 1.82) is 0 Å². The molecular weight excluding hydrogens is 218 g/mol. The molecule has 0 aromatic carbocycles. The van der Waals surface area contributed by atoms with Gasteiger partial charge in [-0.25, -0.2) is 0 Å². The molecule has 1 saturated heterocycles. The molecule has 90 valence electrons. The SMILES string of the molecule is C[Si](C)(C)OCC1CCCN1[Si](C)(C)C. The monoisotopic (exact) mass is 245 g/mol. The molecule has 1 unspecified atom stereocenters. The van der Waals surface area contributed by atoms with E-state index in [4.69, 9.17) is 4.43 Å². The summed E-state index contributed by atoms with van der Waals surface area (Å²) in [5.74, 6) is 0. The van der Waals surface area contributed by atoms with Gasteiger partial charge in [0.25, 0.3) is 0 Å². The lowest BCUT2D eigenvalue weighted by Gasteiger charge is -2.36. The number of rotatable bonds is 4. The van der Waals surface area contributed by atoms with Gasteiger partial charge in [-0.1, -0.05) is 19.6 Å². The van der Waals surface area contributed by atoms with Gasteiger partial charge in [0.2, 0.25) is 0 Å². The van der Waals surface area contributed by atoms with Crippen molar-refractivity contribution < 1.29 is 4.43 Å². The van der Waals surface area contributed by atoms with E-state index in [1.54, 1.807) is 0 Å². The van der Waals surface area contributed by atoms with Gasteiger partial charge in [0, 0.05) is 12.6 Å². The van der Waals surface area contributed by atoms with E-state index < -0.39 is 16.6 Å². The van der Waals surface area contributed by atoms with Gasteiger partial charge < -0.3 is 8.99 Å². The first-order chi connectivity index (χ1) is 6.70. The Balaban J connectivity index is 2.48. The predicted octanol–water partition coefficient (Wildman–Crippen LogP) is 3.14. The molecule has 0 aromatic heterocycles. The van der Waals surface area contributed by atoms with E-state index in [2.05, 4.69) is 43.8 Å². The minimum Gasteiger partial charge on any atom is -0.416 e. The molecule has 0 amide bonds. The molecule has 1 aliphatic rings. The third kappa shape index (κ3) is 4.38. The van der Waals surface area contributed by atoms with E-state index in [9.17, 15) is 0 Å². The molecule has 0 bridgehead atoms. The largest absolute Gasteiger partial charge is 0.416 e. The second kappa shape index (κ2) is 4.69.